The third kappa shape index (κ3) is 1.69. The minimum Gasteiger partial charge on any atom is -0.465 e. The zero-order valence-electron chi connectivity index (χ0n) is 11.2. The number of fused-ring (bicyclic) bond motifs is 2. The highest BCUT2D eigenvalue weighted by atomic mass is 16.5. The molecule has 3 aromatic rings. The summed E-state index contributed by atoms with van der Waals surface area (Å²) in [5, 5.41) is 1.15. The SMILES string of the molecule is COC(=O)c1ccc(C)c2c(=O)c3ccccc3[nH]c12. The van der Waals surface area contributed by atoms with E-state index in [4.69, 9.17) is 4.74 Å². The second-order valence-corrected chi connectivity index (χ2v) is 4.67. The maximum atomic E-state index is 12.6. The zero-order valence-corrected chi connectivity index (χ0v) is 11.2. The van der Waals surface area contributed by atoms with Gasteiger partial charge in [0.1, 0.15) is 0 Å². The molecule has 0 saturated carbocycles. The van der Waals surface area contributed by atoms with E-state index >= 15 is 0 Å². The Labute approximate surface area is 115 Å². The van der Waals surface area contributed by atoms with Gasteiger partial charge in [-0.05, 0) is 30.7 Å². The summed E-state index contributed by atoms with van der Waals surface area (Å²) in [5.74, 6) is -0.457. The van der Waals surface area contributed by atoms with Crippen LogP contribution in [0, 0.1) is 6.92 Å². The van der Waals surface area contributed by atoms with Crippen molar-refractivity contribution in [2.24, 2.45) is 0 Å². The minimum atomic E-state index is -0.457. The first-order valence-electron chi connectivity index (χ1n) is 6.26. The number of nitrogens with one attached hydrogen (secondary N) is 1. The number of ether oxygens (including phenoxy) is 1. The largest absolute Gasteiger partial charge is 0.465 e. The fourth-order valence-electron chi connectivity index (χ4n) is 2.47. The minimum absolute atomic E-state index is 0.0717. The molecule has 0 saturated heterocycles. The van der Waals surface area contributed by atoms with Crippen LogP contribution in [0.3, 0.4) is 0 Å². The number of methoxy groups -OCH3 is 1. The van der Waals surface area contributed by atoms with Crippen LogP contribution in [0.5, 0.6) is 0 Å². The molecule has 0 bridgehead atoms. The van der Waals surface area contributed by atoms with Gasteiger partial charge in [0.05, 0.1) is 18.2 Å². The fraction of sp³-hybridized carbons (Fsp3) is 0.125. The number of aryl methyl sites for hydroxylation is 1. The van der Waals surface area contributed by atoms with Gasteiger partial charge in [-0.3, -0.25) is 4.79 Å². The van der Waals surface area contributed by atoms with Crippen molar-refractivity contribution in [3.8, 4) is 0 Å². The number of para-hydroxylation sites is 1. The van der Waals surface area contributed by atoms with Crippen LogP contribution in [0.2, 0.25) is 0 Å². The Morgan fingerprint density at radius 2 is 1.90 bits per heavy atom. The van der Waals surface area contributed by atoms with Gasteiger partial charge in [0.25, 0.3) is 0 Å². The molecule has 0 unspecified atom stereocenters. The first-order valence-corrected chi connectivity index (χ1v) is 6.26. The molecule has 1 heterocycles. The molecule has 0 aliphatic rings. The maximum Gasteiger partial charge on any atom is 0.339 e. The van der Waals surface area contributed by atoms with Crippen molar-refractivity contribution in [1.82, 2.24) is 4.98 Å². The molecule has 0 fully saturated rings. The van der Waals surface area contributed by atoms with Gasteiger partial charge in [-0.25, -0.2) is 4.79 Å². The summed E-state index contributed by atoms with van der Waals surface area (Å²) in [7, 11) is 1.33. The Morgan fingerprint density at radius 3 is 2.65 bits per heavy atom. The van der Waals surface area contributed by atoms with Crippen molar-refractivity contribution >= 4 is 27.8 Å². The van der Waals surface area contributed by atoms with E-state index in [1.54, 1.807) is 18.2 Å². The van der Waals surface area contributed by atoms with Gasteiger partial charge in [0.2, 0.25) is 0 Å². The molecule has 100 valence electrons. The Kier molecular flexibility index (Phi) is 2.79. The van der Waals surface area contributed by atoms with Gasteiger partial charge in [0, 0.05) is 16.3 Å². The number of esters is 1. The van der Waals surface area contributed by atoms with E-state index in [1.165, 1.54) is 7.11 Å². The van der Waals surface area contributed by atoms with E-state index in [-0.39, 0.29) is 5.43 Å². The predicted molar refractivity (Wildman–Crippen MR) is 78.2 cm³/mol. The van der Waals surface area contributed by atoms with Crippen LogP contribution >= 0.6 is 0 Å². The van der Waals surface area contributed by atoms with Gasteiger partial charge in [0.15, 0.2) is 5.43 Å². The number of rotatable bonds is 1. The second kappa shape index (κ2) is 4.49. The standard InChI is InChI=1S/C16H13NO3/c1-9-7-8-11(16(19)20-2)14-13(9)15(18)10-5-3-4-6-12(10)17-14/h3-8H,1-2H3,(H,17,18). The lowest BCUT2D eigenvalue weighted by Gasteiger charge is -2.09. The fourth-order valence-corrected chi connectivity index (χ4v) is 2.47. The van der Waals surface area contributed by atoms with Crippen molar-refractivity contribution in [2.75, 3.05) is 7.11 Å². The topological polar surface area (TPSA) is 59.2 Å². The Hall–Kier alpha value is -2.62. The van der Waals surface area contributed by atoms with E-state index in [9.17, 15) is 9.59 Å². The predicted octanol–water partition coefficient (Wildman–Crippen LogP) is 2.78. The average molecular weight is 267 g/mol. The third-order valence-corrected chi connectivity index (χ3v) is 3.48. The van der Waals surface area contributed by atoms with Gasteiger partial charge >= 0.3 is 5.97 Å². The molecule has 20 heavy (non-hydrogen) atoms. The van der Waals surface area contributed by atoms with E-state index in [0.717, 1.165) is 5.56 Å². The molecular formula is C16H13NO3. The van der Waals surface area contributed by atoms with E-state index in [2.05, 4.69) is 4.98 Å². The summed E-state index contributed by atoms with van der Waals surface area (Å²) in [6, 6.07) is 10.7. The number of aromatic amines is 1. The van der Waals surface area contributed by atoms with Crippen molar-refractivity contribution < 1.29 is 9.53 Å². The highest BCUT2D eigenvalue weighted by Crippen LogP contribution is 2.21. The number of pyridine rings is 1. The van der Waals surface area contributed by atoms with Crippen molar-refractivity contribution in [3.05, 3.63) is 57.7 Å². The van der Waals surface area contributed by atoms with Crippen LogP contribution in [0.15, 0.2) is 41.2 Å². The Morgan fingerprint density at radius 1 is 1.15 bits per heavy atom. The van der Waals surface area contributed by atoms with Crippen LogP contribution in [0.1, 0.15) is 15.9 Å². The number of aromatic nitrogens is 1. The Bertz CT molecular complexity index is 893. The van der Waals surface area contributed by atoms with E-state index in [1.807, 2.05) is 25.1 Å². The molecule has 4 nitrogen and oxygen atoms in total. The second-order valence-electron chi connectivity index (χ2n) is 4.67. The molecule has 3 rings (SSSR count). The molecule has 0 amide bonds. The molecule has 0 radical (unpaired) electrons. The molecule has 0 aliphatic carbocycles. The zero-order chi connectivity index (χ0) is 14.3. The highest BCUT2D eigenvalue weighted by Gasteiger charge is 2.15. The van der Waals surface area contributed by atoms with Crippen molar-refractivity contribution in [1.29, 1.82) is 0 Å². The molecule has 1 N–H and O–H groups in total. The molecule has 0 aliphatic heterocycles. The summed E-state index contributed by atoms with van der Waals surface area (Å²) in [5.41, 5.74) is 2.37. The Balaban J connectivity index is 2.56. The maximum absolute atomic E-state index is 12.6. The lowest BCUT2D eigenvalue weighted by Crippen LogP contribution is -2.10. The van der Waals surface area contributed by atoms with Crippen molar-refractivity contribution in [2.45, 2.75) is 6.92 Å². The van der Waals surface area contributed by atoms with Gasteiger partial charge < -0.3 is 9.72 Å². The van der Waals surface area contributed by atoms with Crippen LogP contribution in [-0.2, 0) is 4.74 Å². The molecule has 2 aromatic carbocycles. The lowest BCUT2D eigenvalue weighted by molar-refractivity contribution is 0.0603. The summed E-state index contributed by atoms with van der Waals surface area (Å²) < 4.78 is 4.78. The van der Waals surface area contributed by atoms with Gasteiger partial charge in [-0.1, -0.05) is 18.2 Å². The molecule has 1 aromatic heterocycles. The number of benzene rings is 2. The third-order valence-electron chi connectivity index (χ3n) is 3.48. The molecular weight excluding hydrogens is 254 g/mol. The number of carbonyl (C=O) groups is 1. The molecule has 0 spiro atoms. The summed E-state index contributed by atoms with van der Waals surface area (Å²) >= 11 is 0. The highest BCUT2D eigenvalue weighted by molar-refractivity contribution is 6.06. The normalized spacial score (nSPS) is 10.9. The summed E-state index contributed by atoms with van der Waals surface area (Å²) in [4.78, 5) is 27.6. The first-order chi connectivity index (χ1) is 9.63. The monoisotopic (exact) mass is 267 g/mol. The number of hydrogen-bond donors (Lipinski definition) is 1. The van der Waals surface area contributed by atoms with E-state index in [0.29, 0.717) is 27.4 Å². The number of carbonyl (C=O) groups excluding carboxylic acids is 1. The van der Waals surface area contributed by atoms with Crippen LogP contribution < -0.4 is 5.43 Å². The van der Waals surface area contributed by atoms with E-state index < -0.39 is 5.97 Å². The summed E-state index contributed by atoms with van der Waals surface area (Å²) in [6.45, 7) is 1.85. The quantitative estimate of drug-likeness (QED) is 0.545. The summed E-state index contributed by atoms with van der Waals surface area (Å²) in [6.07, 6.45) is 0. The van der Waals surface area contributed by atoms with Crippen molar-refractivity contribution in [3.63, 3.8) is 0 Å². The first kappa shape index (κ1) is 12.4. The van der Waals surface area contributed by atoms with Crippen LogP contribution in [-0.4, -0.2) is 18.1 Å². The average Bonchev–Trinajstić information content (AvgIpc) is 2.47. The van der Waals surface area contributed by atoms with Crippen LogP contribution in [0.4, 0.5) is 0 Å². The number of H-pyrrole nitrogens is 1. The van der Waals surface area contributed by atoms with Crippen LogP contribution in [0.25, 0.3) is 21.8 Å². The van der Waals surface area contributed by atoms with Gasteiger partial charge in [-0.15, -0.1) is 0 Å². The smallest absolute Gasteiger partial charge is 0.339 e. The van der Waals surface area contributed by atoms with Gasteiger partial charge in [-0.2, -0.15) is 0 Å². The lowest BCUT2D eigenvalue weighted by atomic mass is 10.0. The molecule has 4 heteroatoms. The molecule has 0 atom stereocenters. The number of hydrogen-bond acceptors (Lipinski definition) is 3.